The first kappa shape index (κ1) is 19.7. The van der Waals surface area contributed by atoms with Crippen LogP contribution in [0.2, 0.25) is 0 Å². The normalized spacial score (nSPS) is 19.4. The van der Waals surface area contributed by atoms with Gasteiger partial charge in [-0.25, -0.2) is 8.78 Å². The van der Waals surface area contributed by atoms with E-state index >= 15 is 0 Å². The Morgan fingerprint density at radius 1 is 1.04 bits per heavy atom. The second kappa shape index (κ2) is 8.78. The Balaban J connectivity index is 1.51. The highest BCUT2D eigenvalue weighted by Crippen LogP contribution is 2.25. The molecule has 1 aromatic rings. The van der Waals surface area contributed by atoms with Crippen LogP contribution in [0.1, 0.15) is 36.0 Å². The van der Waals surface area contributed by atoms with Crippen molar-refractivity contribution >= 4 is 11.8 Å². The Bertz CT molecular complexity index is 682. The second-order valence-electron chi connectivity index (χ2n) is 7.52. The quantitative estimate of drug-likeness (QED) is 0.873. The number of hydrogen-bond donors (Lipinski definition) is 1. The average Bonchev–Trinajstić information content (AvgIpc) is 2.68. The van der Waals surface area contributed by atoms with Crippen molar-refractivity contribution < 1.29 is 18.4 Å². The standard InChI is InChI=1S/C20H27F2N3O2/c1-23-13-14-4-8-24(9-5-14)19(26)15-6-10-25(11-7-15)20(27)17-3-2-16(21)12-18(17)22/h2-3,12,14-15,23H,4-11,13H2,1H3. The number of nitrogens with zero attached hydrogens (tertiary/aromatic N) is 2. The molecular formula is C20H27F2N3O2. The topological polar surface area (TPSA) is 52.7 Å². The summed E-state index contributed by atoms with van der Waals surface area (Å²) in [7, 11) is 1.95. The lowest BCUT2D eigenvalue weighted by atomic mass is 9.92. The molecule has 0 unspecified atom stereocenters. The summed E-state index contributed by atoms with van der Waals surface area (Å²) in [6.07, 6.45) is 3.22. The summed E-state index contributed by atoms with van der Waals surface area (Å²) in [5.41, 5.74) is -0.118. The van der Waals surface area contributed by atoms with E-state index in [0.29, 0.717) is 31.8 Å². The summed E-state index contributed by atoms with van der Waals surface area (Å²) in [4.78, 5) is 28.7. The van der Waals surface area contributed by atoms with Gasteiger partial charge in [-0.1, -0.05) is 0 Å². The highest BCUT2D eigenvalue weighted by molar-refractivity contribution is 5.94. The third-order valence-corrected chi connectivity index (χ3v) is 5.71. The van der Waals surface area contributed by atoms with E-state index in [2.05, 4.69) is 5.32 Å². The molecule has 0 aromatic heterocycles. The predicted molar refractivity (Wildman–Crippen MR) is 98.2 cm³/mol. The number of nitrogens with one attached hydrogen (secondary N) is 1. The molecule has 0 atom stereocenters. The first-order valence-electron chi connectivity index (χ1n) is 9.67. The van der Waals surface area contributed by atoms with Crippen molar-refractivity contribution in [1.82, 2.24) is 15.1 Å². The fourth-order valence-electron chi connectivity index (χ4n) is 4.07. The molecule has 0 radical (unpaired) electrons. The van der Waals surface area contributed by atoms with Crippen LogP contribution >= 0.6 is 0 Å². The van der Waals surface area contributed by atoms with Gasteiger partial charge >= 0.3 is 0 Å². The fraction of sp³-hybridized carbons (Fsp3) is 0.600. The minimum atomic E-state index is -0.845. The monoisotopic (exact) mass is 379 g/mol. The van der Waals surface area contributed by atoms with Crippen molar-refractivity contribution in [3.8, 4) is 0 Å². The number of hydrogen-bond acceptors (Lipinski definition) is 3. The van der Waals surface area contributed by atoms with E-state index in [-0.39, 0.29) is 17.4 Å². The SMILES string of the molecule is CNCC1CCN(C(=O)C2CCN(C(=O)c3ccc(F)cc3F)CC2)CC1. The summed E-state index contributed by atoms with van der Waals surface area (Å²) in [5, 5.41) is 3.19. The highest BCUT2D eigenvalue weighted by atomic mass is 19.1. The molecule has 148 valence electrons. The Kier molecular flexibility index (Phi) is 6.42. The van der Waals surface area contributed by atoms with Crippen molar-refractivity contribution in [2.45, 2.75) is 25.7 Å². The molecule has 2 fully saturated rings. The number of piperidine rings is 2. The summed E-state index contributed by atoms with van der Waals surface area (Å²) in [6.45, 7) is 3.42. The molecule has 2 saturated heterocycles. The van der Waals surface area contributed by atoms with Gasteiger partial charge in [0.05, 0.1) is 5.56 Å². The zero-order chi connectivity index (χ0) is 19.4. The molecule has 0 bridgehead atoms. The van der Waals surface area contributed by atoms with Crippen molar-refractivity contribution in [1.29, 1.82) is 0 Å². The van der Waals surface area contributed by atoms with Crippen molar-refractivity contribution in [3.05, 3.63) is 35.4 Å². The van der Waals surface area contributed by atoms with E-state index in [4.69, 9.17) is 0 Å². The molecule has 3 rings (SSSR count). The Labute approximate surface area is 158 Å². The first-order valence-corrected chi connectivity index (χ1v) is 9.67. The van der Waals surface area contributed by atoms with Crippen LogP contribution in [0.4, 0.5) is 8.78 Å². The van der Waals surface area contributed by atoms with Crippen molar-refractivity contribution in [2.24, 2.45) is 11.8 Å². The summed E-state index contributed by atoms with van der Waals surface area (Å²) in [5.74, 6) is -1.25. The highest BCUT2D eigenvalue weighted by Gasteiger charge is 2.32. The van der Waals surface area contributed by atoms with Crippen LogP contribution in [0, 0.1) is 23.5 Å². The van der Waals surface area contributed by atoms with E-state index in [1.165, 1.54) is 6.07 Å². The van der Waals surface area contributed by atoms with Gasteiger partial charge in [-0.05, 0) is 57.3 Å². The van der Waals surface area contributed by atoms with Gasteiger partial charge < -0.3 is 15.1 Å². The van der Waals surface area contributed by atoms with Gasteiger partial charge in [0.15, 0.2) is 0 Å². The van der Waals surface area contributed by atoms with Crippen molar-refractivity contribution in [3.63, 3.8) is 0 Å². The minimum Gasteiger partial charge on any atom is -0.342 e. The summed E-state index contributed by atoms with van der Waals surface area (Å²) in [6, 6.07) is 2.99. The van der Waals surface area contributed by atoms with Gasteiger partial charge in [0.2, 0.25) is 5.91 Å². The number of benzene rings is 1. The van der Waals surface area contributed by atoms with Crippen LogP contribution in [-0.2, 0) is 4.79 Å². The van der Waals surface area contributed by atoms with Crippen LogP contribution in [0.15, 0.2) is 18.2 Å². The van der Waals surface area contributed by atoms with Gasteiger partial charge in [0.25, 0.3) is 5.91 Å². The molecule has 0 spiro atoms. The van der Waals surface area contributed by atoms with E-state index in [1.54, 1.807) is 4.90 Å². The predicted octanol–water partition coefficient (Wildman–Crippen LogP) is 2.28. The molecule has 7 heteroatoms. The molecule has 2 heterocycles. The van der Waals surface area contributed by atoms with Gasteiger partial charge in [-0.15, -0.1) is 0 Å². The number of carbonyl (C=O) groups excluding carboxylic acids is 2. The minimum absolute atomic E-state index is 0.0760. The lowest BCUT2D eigenvalue weighted by Gasteiger charge is -2.37. The first-order chi connectivity index (χ1) is 13.0. The van der Waals surface area contributed by atoms with E-state index in [9.17, 15) is 18.4 Å². The number of rotatable bonds is 4. The van der Waals surface area contributed by atoms with Gasteiger partial charge in [0.1, 0.15) is 11.6 Å². The third-order valence-electron chi connectivity index (χ3n) is 5.71. The van der Waals surface area contributed by atoms with Crippen LogP contribution in [0.5, 0.6) is 0 Å². The maximum Gasteiger partial charge on any atom is 0.256 e. The van der Waals surface area contributed by atoms with Crippen LogP contribution in [-0.4, -0.2) is 61.4 Å². The maximum absolute atomic E-state index is 13.8. The number of carbonyl (C=O) groups is 2. The molecule has 1 aromatic carbocycles. The Hall–Kier alpha value is -2.02. The molecular weight excluding hydrogens is 352 g/mol. The average molecular weight is 379 g/mol. The van der Waals surface area contributed by atoms with Crippen molar-refractivity contribution in [2.75, 3.05) is 39.8 Å². The number of amides is 2. The molecule has 0 saturated carbocycles. The molecule has 0 aliphatic carbocycles. The lowest BCUT2D eigenvalue weighted by Crippen LogP contribution is -2.47. The Morgan fingerprint density at radius 2 is 1.67 bits per heavy atom. The molecule has 2 amide bonds. The molecule has 5 nitrogen and oxygen atoms in total. The summed E-state index contributed by atoms with van der Waals surface area (Å²) >= 11 is 0. The lowest BCUT2D eigenvalue weighted by molar-refractivity contribution is -0.138. The molecule has 2 aliphatic heterocycles. The van der Waals surface area contributed by atoms with Crippen LogP contribution in [0.3, 0.4) is 0 Å². The molecule has 27 heavy (non-hydrogen) atoms. The smallest absolute Gasteiger partial charge is 0.256 e. The maximum atomic E-state index is 13.8. The van der Waals surface area contributed by atoms with Gasteiger partial charge in [-0.2, -0.15) is 0 Å². The largest absolute Gasteiger partial charge is 0.342 e. The molecule has 1 N–H and O–H groups in total. The van der Waals surface area contributed by atoms with Gasteiger partial charge in [-0.3, -0.25) is 9.59 Å². The Morgan fingerprint density at radius 3 is 2.26 bits per heavy atom. The van der Waals surface area contributed by atoms with E-state index in [1.807, 2.05) is 11.9 Å². The zero-order valence-corrected chi connectivity index (χ0v) is 15.7. The van der Waals surface area contributed by atoms with Crippen LogP contribution in [0.25, 0.3) is 0 Å². The van der Waals surface area contributed by atoms with Gasteiger partial charge in [0, 0.05) is 38.2 Å². The van der Waals surface area contributed by atoms with E-state index < -0.39 is 17.5 Å². The van der Waals surface area contributed by atoms with E-state index in [0.717, 1.165) is 44.6 Å². The number of halogens is 2. The second-order valence-corrected chi connectivity index (χ2v) is 7.52. The zero-order valence-electron chi connectivity index (χ0n) is 15.7. The molecule has 2 aliphatic rings. The fourth-order valence-corrected chi connectivity index (χ4v) is 4.07. The summed E-state index contributed by atoms with van der Waals surface area (Å²) < 4.78 is 26.9. The number of likely N-dealkylation sites (tertiary alicyclic amines) is 2. The van der Waals surface area contributed by atoms with Crippen LogP contribution < -0.4 is 5.32 Å². The third kappa shape index (κ3) is 4.64.